The summed E-state index contributed by atoms with van der Waals surface area (Å²) in [7, 11) is 0. The number of ether oxygens (including phenoxy) is 2. The first-order valence-electron chi connectivity index (χ1n) is 9.67. The van der Waals surface area contributed by atoms with E-state index in [1.807, 2.05) is 39.0 Å². The van der Waals surface area contributed by atoms with E-state index < -0.39 is 0 Å². The molecule has 2 aromatic rings. The van der Waals surface area contributed by atoms with E-state index in [2.05, 4.69) is 10.6 Å². The second-order valence-corrected chi connectivity index (χ2v) is 7.63. The lowest BCUT2D eigenvalue weighted by atomic mass is 9.95. The van der Waals surface area contributed by atoms with Gasteiger partial charge in [0, 0.05) is 11.6 Å². The van der Waals surface area contributed by atoms with Crippen molar-refractivity contribution in [2.45, 2.75) is 33.2 Å². The molecule has 0 bridgehead atoms. The van der Waals surface area contributed by atoms with Gasteiger partial charge in [-0.25, -0.2) is 0 Å². The highest BCUT2D eigenvalue weighted by Crippen LogP contribution is 2.32. The maximum atomic E-state index is 12.8. The Morgan fingerprint density at radius 3 is 2.76 bits per heavy atom. The zero-order valence-electron chi connectivity index (χ0n) is 16.8. The van der Waals surface area contributed by atoms with Crippen molar-refractivity contribution in [3.8, 4) is 11.5 Å². The van der Waals surface area contributed by atoms with Crippen LogP contribution in [0.5, 0.6) is 11.5 Å². The van der Waals surface area contributed by atoms with Crippen molar-refractivity contribution in [2.75, 3.05) is 18.5 Å². The number of amides is 2. The predicted octanol–water partition coefficient (Wildman–Crippen LogP) is 4.07. The molecule has 1 unspecified atom stereocenters. The summed E-state index contributed by atoms with van der Waals surface area (Å²) in [6.45, 7) is 6.54. The fourth-order valence-electron chi connectivity index (χ4n) is 3.14. The highest BCUT2D eigenvalue weighted by Gasteiger charge is 2.27. The molecule has 1 atom stereocenters. The first kappa shape index (κ1) is 21.0. The molecule has 1 aliphatic heterocycles. The van der Waals surface area contributed by atoms with Gasteiger partial charge in [0.05, 0.1) is 23.2 Å². The molecule has 2 aromatic carbocycles. The van der Waals surface area contributed by atoms with Gasteiger partial charge < -0.3 is 20.1 Å². The van der Waals surface area contributed by atoms with Crippen molar-refractivity contribution in [3.63, 3.8) is 0 Å². The van der Waals surface area contributed by atoms with Gasteiger partial charge >= 0.3 is 0 Å². The average Bonchev–Trinajstić information content (AvgIpc) is 2.68. The summed E-state index contributed by atoms with van der Waals surface area (Å²) < 4.78 is 11.3. The molecule has 154 valence electrons. The van der Waals surface area contributed by atoms with Crippen molar-refractivity contribution < 1.29 is 19.1 Å². The van der Waals surface area contributed by atoms with Gasteiger partial charge in [0.15, 0.2) is 0 Å². The molecule has 7 heteroatoms. The fourth-order valence-corrected chi connectivity index (χ4v) is 3.30. The van der Waals surface area contributed by atoms with Gasteiger partial charge in [-0.2, -0.15) is 0 Å². The van der Waals surface area contributed by atoms with Gasteiger partial charge in [-0.3, -0.25) is 9.59 Å². The number of hydrogen-bond acceptors (Lipinski definition) is 4. The molecule has 0 spiro atoms. The first-order valence-corrected chi connectivity index (χ1v) is 10.0. The molecule has 0 saturated heterocycles. The van der Waals surface area contributed by atoms with Crippen LogP contribution in [0.3, 0.4) is 0 Å². The number of carbonyl (C=O) groups excluding carboxylic acids is 2. The molecule has 2 N–H and O–H groups in total. The molecule has 29 heavy (non-hydrogen) atoms. The van der Waals surface area contributed by atoms with E-state index in [1.165, 1.54) is 0 Å². The minimum atomic E-state index is -0.372. The van der Waals surface area contributed by atoms with Crippen molar-refractivity contribution in [3.05, 3.63) is 52.5 Å². The third kappa shape index (κ3) is 5.21. The van der Waals surface area contributed by atoms with Gasteiger partial charge in [-0.15, -0.1) is 0 Å². The number of nitrogens with one attached hydrogen (secondary N) is 2. The Morgan fingerprint density at radius 2 is 2.03 bits per heavy atom. The highest BCUT2D eigenvalue weighted by atomic mass is 35.5. The summed E-state index contributed by atoms with van der Waals surface area (Å²) >= 11 is 6.23. The number of rotatable bonds is 6. The number of carbonyl (C=O) groups is 2. The monoisotopic (exact) mass is 416 g/mol. The predicted molar refractivity (Wildman–Crippen MR) is 113 cm³/mol. The van der Waals surface area contributed by atoms with Crippen LogP contribution in [0.15, 0.2) is 36.4 Å². The molecule has 0 aromatic heterocycles. The SMILES string of the molecule is CCOc1ccc2c(c1)CC(C(=O)Nc1cc(C(=O)NC(C)C)ccc1Cl)CO2. The molecular formula is C22H25ClN2O4. The molecule has 0 fully saturated rings. The minimum absolute atomic E-state index is 0.0113. The van der Waals surface area contributed by atoms with Gasteiger partial charge in [-0.1, -0.05) is 11.6 Å². The Hall–Kier alpha value is -2.73. The lowest BCUT2D eigenvalue weighted by molar-refractivity contribution is -0.121. The normalized spacial score (nSPS) is 15.3. The van der Waals surface area contributed by atoms with Crippen LogP contribution in [0.25, 0.3) is 0 Å². The lowest BCUT2D eigenvalue weighted by Gasteiger charge is -2.25. The molecular weight excluding hydrogens is 392 g/mol. The zero-order chi connectivity index (χ0) is 21.0. The zero-order valence-corrected chi connectivity index (χ0v) is 17.5. The largest absolute Gasteiger partial charge is 0.494 e. The Kier molecular flexibility index (Phi) is 6.64. The fraction of sp³-hybridized carbons (Fsp3) is 0.364. The molecule has 0 radical (unpaired) electrons. The van der Waals surface area contributed by atoms with E-state index in [0.29, 0.717) is 29.3 Å². The lowest BCUT2D eigenvalue weighted by Crippen LogP contribution is -2.33. The van der Waals surface area contributed by atoms with E-state index >= 15 is 0 Å². The quantitative estimate of drug-likeness (QED) is 0.744. The van der Waals surface area contributed by atoms with E-state index in [4.69, 9.17) is 21.1 Å². The van der Waals surface area contributed by atoms with Gasteiger partial charge in [0.1, 0.15) is 18.1 Å². The molecule has 1 heterocycles. The number of halogens is 1. The second kappa shape index (κ2) is 9.18. The van der Waals surface area contributed by atoms with Crippen LogP contribution in [-0.4, -0.2) is 31.1 Å². The average molecular weight is 417 g/mol. The van der Waals surface area contributed by atoms with Crippen molar-refractivity contribution in [1.29, 1.82) is 0 Å². The van der Waals surface area contributed by atoms with Crippen LogP contribution >= 0.6 is 11.6 Å². The maximum Gasteiger partial charge on any atom is 0.251 e. The summed E-state index contributed by atoms with van der Waals surface area (Å²) in [5.41, 5.74) is 1.77. The summed E-state index contributed by atoms with van der Waals surface area (Å²) in [4.78, 5) is 25.0. The number of fused-ring (bicyclic) bond motifs is 1. The molecule has 0 aliphatic carbocycles. The van der Waals surface area contributed by atoms with Crippen molar-refractivity contribution in [2.24, 2.45) is 5.92 Å². The summed E-state index contributed by atoms with van der Waals surface area (Å²) in [5.74, 6) is 0.723. The summed E-state index contributed by atoms with van der Waals surface area (Å²) in [5, 5.41) is 6.03. The third-order valence-corrected chi connectivity index (χ3v) is 4.86. The van der Waals surface area contributed by atoms with Crippen molar-refractivity contribution in [1.82, 2.24) is 5.32 Å². The van der Waals surface area contributed by atoms with Crippen LogP contribution in [0.4, 0.5) is 5.69 Å². The van der Waals surface area contributed by atoms with Crippen molar-refractivity contribution >= 4 is 29.1 Å². The number of anilines is 1. The molecule has 1 aliphatic rings. The van der Waals surface area contributed by atoms with E-state index in [0.717, 1.165) is 17.1 Å². The van der Waals surface area contributed by atoms with Crippen LogP contribution < -0.4 is 20.1 Å². The smallest absolute Gasteiger partial charge is 0.251 e. The molecule has 2 amide bonds. The topological polar surface area (TPSA) is 76.7 Å². The molecule has 3 rings (SSSR count). The summed E-state index contributed by atoms with van der Waals surface area (Å²) in [6, 6.07) is 10.5. The van der Waals surface area contributed by atoms with Crippen LogP contribution in [-0.2, 0) is 11.2 Å². The third-order valence-electron chi connectivity index (χ3n) is 4.53. The maximum absolute atomic E-state index is 12.8. The molecule has 0 saturated carbocycles. The van der Waals surface area contributed by atoms with E-state index in [1.54, 1.807) is 18.2 Å². The Labute approximate surface area is 175 Å². The highest BCUT2D eigenvalue weighted by molar-refractivity contribution is 6.34. The number of benzene rings is 2. The van der Waals surface area contributed by atoms with Crippen LogP contribution in [0, 0.1) is 5.92 Å². The van der Waals surface area contributed by atoms with E-state index in [9.17, 15) is 9.59 Å². The summed E-state index contributed by atoms with van der Waals surface area (Å²) in [6.07, 6.45) is 0.535. The standard InChI is InChI=1S/C22H25ClN2O4/c1-4-28-17-6-8-20-15(10-17)9-16(12-29-20)22(27)25-19-11-14(5-7-18(19)23)21(26)24-13(2)3/h5-8,10-11,13,16H,4,9,12H2,1-3H3,(H,24,26)(H,25,27). The minimum Gasteiger partial charge on any atom is -0.494 e. The van der Waals surface area contributed by atoms with Gasteiger partial charge in [0.25, 0.3) is 5.91 Å². The van der Waals surface area contributed by atoms with Gasteiger partial charge in [0.2, 0.25) is 5.91 Å². The Morgan fingerprint density at radius 1 is 1.24 bits per heavy atom. The second-order valence-electron chi connectivity index (χ2n) is 7.23. The Balaban J connectivity index is 1.72. The molecule has 6 nitrogen and oxygen atoms in total. The first-order chi connectivity index (χ1) is 13.9. The van der Waals surface area contributed by atoms with Crippen LogP contribution in [0.2, 0.25) is 5.02 Å². The Bertz CT molecular complexity index is 914. The van der Waals surface area contributed by atoms with Crippen LogP contribution in [0.1, 0.15) is 36.7 Å². The van der Waals surface area contributed by atoms with Gasteiger partial charge in [-0.05, 0) is 69.2 Å². The van der Waals surface area contributed by atoms with E-state index in [-0.39, 0.29) is 30.4 Å². The number of hydrogen-bond donors (Lipinski definition) is 2.